The number of carboxylic acids is 1. The van der Waals surface area contributed by atoms with Gasteiger partial charge in [0.1, 0.15) is 35.2 Å². The molecule has 12 nitrogen and oxygen atoms in total. The third-order valence-corrected chi connectivity index (χ3v) is 11.5. The molecule has 0 radical (unpaired) electrons. The van der Waals surface area contributed by atoms with E-state index in [1.165, 1.54) is 11.0 Å². The molecule has 1 aliphatic heterocycles. The Morgan fingerprint density at radius 2 is 1.73 bits per heavy atom. The topological polar surface area (TPSA) is 150 Å². The van der Waals surface area contributed by atoms with E-state index in [9.17, 15) is 24.3 Å². The summed E-state index contributed by atoms with van der Waals surface area (Å²) in [5.74, 6) is -1.29. The number of aliphatic carboxylic acids is 1. The monoisotopic (exact) mass is 759 g/mol. The summed E-state index contributed by atoms with van der Waals surface area (Å²) in [6.07, 6.45) is 6.42. The van der Waals surface area contributed by atoms with Crippen LogP contribution in [0.1, 0.15) is 50.5 Å². The van der Waals surface area contributed by atoms with Crippen LogP contribution >= 0.6 is 0 Å². The second kappa shape index (κ2) is 16.4. The van der Waals surface area contributed by atoms with Crippen LogP contribution in [0, 0.1) is 5.92 Å². The van der Waals surface area contributed by atoms with Gasteiger partial charge in [0.2, 0.25) is 11.8 Å². The number of carbonyl (C=O) groups is 4. The Bertz CT molecular complexity index is 2090. The van der Waals surface area contributed by atoms with Crippen molar-refractivity contribution in [3.63, 3.8) is 0 Å². The first kappa shape index (κ1) is 38.4. The van der Waals surface area contributed by atoms with Crippen molar-refractivity contribution in [3.05, 3.63) is 103 Å². The molecule has 1 saturated heterocycles. The summed E-state index contributed by atoms with van der Waals surface area (Å²) in [4.78, 5) is 63.2. The number of nitrogens with one attached hydrogen (secondary N) is 2. The Kier molecular flexibility index (Phi) is 11.3. The molecule has 56 heavy (non-hydrogen) atoms. The van der Waals surface area contributed by atoms with Gasteiger partial charge >= 0.3 is 12.0 Å². The van der Waals surface area contributed by atoms with Crippen LogP contribution in [0.3, 0.4) is 0 Å². The molecule has 3 aromatic carbocycles. The maximum atomic E-state index is 14.5. The van der Waals surface area contributed by atoms with E-state index < -0.39 is 47.6 Å². The highest BCUT2D eigenvalue weighted by Crippen LogP contribution is 2.45. The van der Waals surface area contributed by atoms with Gasteiger partial charge < -0.3 is 35.0 Å². The molecular weight excluding hydrogens is 711 g/mol. The molecule has 0 spiro atoms. The number of carbonyl (C=O) groups excluding carboxylic acids is 3. The second-order valence-electron chi connectivity index (χ2n) is 15.1. The summed E-state index contributed by atoms with van der Waals surface area (Å²) >= 11 is 0. The van der Waals surface area contributed by atoms with Gasteiger partial charge in [-0.25, -0.2) is 14.6 Å². The van der Waals surface area contributed by atoms with E-state index in [0.29, 0.717) is 28.1 Å². The predicted molar refractivity (Wildman–Crippen MR) is 212 cm³/mol. The van der Waals surface area contributed by atoms with Gasteiger partial charge in [-0.3, -0.25) is 9.59 Å². The van der Waals surface area contributed by atoms with Crippen molar-refractivity contribution in [2.45, 2.75) is 81.1 Å². The summed E-state index contributed by atoms with van der Waals surface area (Å²) in [5, 5.41) is 16.6. The summed E-state index contributed by atoms with van der Waals surface area (Å²) < 4.78 is 12.2. The Morgan fingerprint density at radius 1 is 1.02 bits per heavy atom. The predicted octanol–water partition coefficient (Wildman–Crippen LogP) is 5.99. The molecule has 2 saturated carbocycles. The second-order valence-corrected chi connectivity index (χ2v) is 15.1. The SMILES string of the molecule is C=CC1CC1(NC(=O)[C@@H]1C[C@@H](Oc2cc(-c3ccccc3)nc3cc(OC)ccc23)CN1C(=O)N[C@@H](Cc1ccccc1)C(=O)N(C)C1CCCCC1)C(=O)O. The smallest absolute Gasteiger partial charge is 0.330 e. The molecule has 0 bridgehead atoms. The fourth-order valence-electron chi connectivity index (χ4n) is 8.19. The summed E-state index contributed by atoms with van der Waals surface area (Å²) in [5.41, 5.74) is 1.56. The number of carboxylic acid groups (broad SMARTS) is 1. The van der Waals surface area contributed by atoms with Crippen molar-refractivity contribution in [1.82, 2.24) is 25.4 Å². The minimum absolute atomic E-state index is 0.000229. The number of urea groups is 1. The van der Waals surface area contributed by atoms with Crippen LogP contribution in [0.4, 0.5) is 4.79 Å². The fourth-order valence-corrected chi connectivity index (χ4v) is 8.19. The normalized spacial score (nSPS) is 22.5. The molecule has 2 heterocycles. The largest absolute Gasteiger partial charge is 0.497 e. The standard InChI is InChI=1S/C44H49N5O7/c1-4-30-26-44(30,42(52)53)47-40(50)38-24-33(56-39-25-35(29-16-10-6-11-17-29)45-36-23-32(55-3)20-21-34(36)39)27-49(38)43(54)46-37(22-28-14-8-5-9-15-28)41(51)48(2)31-18-12-7-13-19-31/h4-6,8-11,14-17,20-21,23,25,30-31,33,37-38H,1,7,12-13,18-19,22,24,26-27H2,2-3H3,(H,46,54)(H,47,50)(H,52,53)/t30?,33-,37+,38+,44?/m1/s1. The molecule has 12 heteroatoms. The van der Waals surface area contributed by atoms with E-state index in [-0.39, 0.29) is 37.8 Å². The van der Waals surface area contributed by atoms with Crippen LogP contribution in [-0.2, 0) is 20.8 Å². The van der Waals surface area contributed by atoms with E-state index in [1.54, 1.807) is 19.1 Å². The lowest BCUT2D eigenvalue weighted by molar-refractivity contribution is -0.144. The van der Waals surface area contributed by atoms with Crippen LogP contribution < -0.4 is 20.1 Å². The Morgan fingerprint density at radius 3 is 2.39 bits per heavy atom. The number of ether oxygens (including phenoxy) is 2. The number of likely N-dealkylation sites (N-methyl/N-ethyl adjacent to an activating group) is 1. The molecule has 4 amide bonds. The first-order chi connectivity index (χ1) is 27.1. The Hall–Kier alpha value is -5.91. The van der Waals surface area contributed by atoms with Crippen LogP contribution in [0.2, 0.25) is 0 Å². The number of likely N-dealkylation sites (tertiary alicyclic amines) is 1. The van der Waals surface area contributed by atoms with Gasteiger partial charge in [0, 0.05) is 54.9 Å². The van der Waals surface area contributed by atoms with E-state index in [2.05, 4.69) is 17.2 Å². The van der Waals surface area contributed by atoms with Crippen LogP contribution in [0.5, 0.6) is 11.5 Å². The van der Waals surface area contributed by atoms with Crippen molar-refractivity contribution in [2.24, 2.45) is 5.92 Å². The zero-order valence-corrected chi connectivity index (χ0v) is 31.9. The number of benzene rings is 3. The number of nitrogens with zero attached hydrogens (tertiary/aromatic N) is 3. The molecule has 5 atom stereocenters. The number of amides is 4. The highest BCUT2D eigenvalue weighted by atomic mass is 16.5. The van der Waals surface area contributed by atoms with E-state index >= 15 is 0 Å². The number of hydrogen-bond donors (Lipinski definition) is 3. The van der Waals surface area contributed by atoms with Crippen LogP contribution in [-0.4, -0.2) is 94.2 Å². The van der Waals surface area contributed by atoms with Crippen LogP contribution in [0.25, 0.3) is 22.2 Å². The van der Waals surface area contributed by atoms with Gasteiger partial charge in [-0.15, -0.1) is 6.58 Å². The highest BCUT2D eigenvalue weighted by Gasteiger charge is 2.61. The van der Waals surface area contributed by atoms with Gasteiger partial charge in [-0.05, 0) is 37.0 Å². The van der Waals surface area contributed by atoms with Crippen molar-refractivity contribution in [1.29, 1.82) is 0 Å². The zero-order valence-electron chi connectivity index (χ0n) is 31.9. The first-order valence-electron chi connectivity index (χ1n) is 19.4. The molecule has 2 unspecified atom stereocenters. The Labute approximate surface area is 326 Å². The lowest BCUT2D eigenvalue weighted by Crippen LogP contribution is -2.58. The summed E-state index contributed by atoms with van der Waals surface area (Å²) in [7, 11) is 3.39. The molecule has 2 aliphatic carbocycles. The van der Waals surface area contributed by atoms with Crippen molar-refractivity contribution >= 4 is 34.7 Å². The Balaban J connectivity index is 1.19. The van der Waals surface area contributed by atoms with Gasteiger partial charge in [-0.1, -0.05) is 86.0 Å². The minimum Gasteiger partial charge on any atom is -0.497 e. The zero-order chi connectivity index (χ0) is 39.4. The summed E-state index contributed by atoms with van der Waals surface area (Å²) in [6.45, 7) is 3.75. The lowest BCUT2D eigenvalue weighted by Gasteiger charge is -2.35. The van der Waals surface area contributed by atoms with E-state index in [0.717, 1.165) is 43.2 Å². The van der Waals surface area contributed by atoms with Gasteiger partial charge in [0.25, 0.3) is 0 Å². The molecule has 3 N–H and O–H groups in total. The third-order valence-electron chi connectivity index (χ3n) is 11.5. The maximum Gasteiger partial charge on any atom is 0.330 e. The van der Waals surface area contributed by atoms with E-state index in [1.807, 2.05) is 84.9 Å². The summed E-state index contributed by atoms with van der Waals surface area (Å²) in [6, 6.07) is 24.0. The average Bonchev–Trinajstić information content (AvgIpc) is 3.79. The number of fused-ring (bicyclic) bond motifs is 1. The van der Waals surface area contributed by atoms with Gasteiger partial charge in [-0.2, -0.15) is 0 Å². The number of methoxy groups -OCH3 is 1. The number of aromatic nitrogens is 1. The number of hydrogen-bond acceptors (Lipinski definition) is 7. The molecule has 7 rings (SSSR count). The van der Waals surface area contributed by atoms with Crippen LogP contribution in [0.15, 0.2) is 97.6 Å². The van der Waals surface area contributed by atoms with E-state index in [4.69, 9.17) is 14.5 Å². The maximum absolute atomic E-state index is 14.5. The van der Waals surface area contributed by atoms with Crippen molar-refractivity contribution < 1.29 is 33.8 Å². The minimum atomic E-state index is -1.50. The van der Waals surface area contributed by atoms with Crippen molar-refractivity contribution in [2.75, 3.05) is 20.7 Å². The molecule has 1 aromatic heterocycles. The molecular formula is C44H49N5O7. The fraction of sp³-hybridized carbons (Fsp3) is 0.386. The lowest BCUT2D eigenvalue weighted by atomic mass is 9.93. The molecule has 3 fully saturated rings. The molecule has 4 aromatic rings. The quantitative estimate of drug-likeness (QED) is 0.141. The number of rotatable bonds is 13. The van der Waals surface area contributed by atoms with Crippen molar-refractivity contribution in [3.8, 4) is 22.8 Å². The van der Waals surface area contributed by atoms with Gasteiger partial charge in [0.15, 0.2) is 0 Å². The third kappa shape index (κ3) is 8.05. The number of pyridine rings is 1. The first-order valence-corrected chi connectivity index (χ1v) is 19.4. The highest BCUT2D eigenvalue weighted by molar-refractivity contribution is 5.95. The molecule has 3 aliphatic rings. The average molecular weight is 760 g/mol. The molecule has 292 valence electrons. The van der Waals surface area contributed by atoms with Gasteiger partial charge in [0.05, 0.1) is 24.9 Å².